The van der Waals surface area contributed by atoms with Gasteiger partial charge < -0.3 is 4.23 Å². The molecule has 0 amide bonds. The summed E-state index contributed by atoms with van der Waals surface area (Å²) in [6, 6.07) is 0. The monoisotopic (exact) mass is 341 g/mol. The smallest absolute Gasteiger partial charge is 0.111 e. The Hall–Kier alpha value is 1.26. The summed E-state index contributed by atoms with van der Waals surface area (Å²) in [6.45, 7) is 12.0. The fourth-order valence-electron chi connectivity index (χ4n) is 0.775. The van der Waals surface area contributed by atoms with Crippen molar-refractivity contribution in [2.45, 2.75) is 32.7 Å². The molecule has 0 atom stereocenters. The van der Waals surface area contributed by atoms with Gasteiger partial charge in [-0.1, -0.05) is 32.7 Å². The molecule has 60 valence electrons. The van der Waals surface area contributed by atoms with E-state index in [1.807, 2.05) is 0 Å². The van der Waals surface area contributed by atoms with Gasteiger partial charge in [0.25, 0.3) is 0 Å². The van der Waals surface area contributed by atoms with E-state index in [4.69, 9.17) is 0 Å². The maximum absolute atomic E-state index is 2.63. The summed E-state index contributed by atoms with van der Waals surface area (Å²) in [7, 11) is 0.858. The molecule has 0 N–H and O–H groups in total. The van der Waals surface area contributed by atoms with Crippen molar-refractivity contribution in [3.8, 4) is 0 Å². The van der Waals surface area contributed by atoms with Gasteiger partial charge in [-0.25, -0.2) is 0 Å². The molecule has 0 aromatic rings. The summed E-state index contributed by atoms with van der Waals surface area (Å²) < 4.78 is 2.63. The average molecular weight is 340 g/mol. The minimum Gasteiger partial charge on any atom is -0.351 e. The van der Waals surface area contributed by atoms with Crippen LogP contribution >= 0.6 is 0 Å². The molecule has 0 aromatic heterocycles. The summed E-state index contributed by atoms with van der Waals surface area (Å²) in [6.07, 6.45) is 0. The van der Waals surface area contributed by atoms with Crippen molar-refractivity contribution in [1.82, 2.24) is 4.23 Å². The molecular formula is C6H19HfNSi2. The summed E-state index contributed by atoms with van der Waals surface area (Å²) in [5.74, 6) is 0. The Morgan fingerprint density at radius 1 is 1.10 bits per heavy atom. The van der Waals surface area contributed by atoms with Crippen LogP contribution in [0.4, 0.5) is 0 Å². The molecule has 4 heteroatoms. The van der Waals surface area contributed by atoms with Crippen molar-refractivity contribution in [2.24, 2.45) is 0 Å². The van der Waals surface area contributed by atoms with Crippen LogP contribution in [0.2, 0.25) is 32.7 Å². The Labute approximate surface area is 86.8 Å². The maximum atomic E-state index is 2.63. The number of hydrogen-bond acceptors (Lipinski definition) is 1. The van der Waals surface area contributed by atoms with Crippen molar-refractivity contribution in [3.63, 3.8) is 0 Å². The van der Waals surface area contributed by atoms with E-state index in [0.29, 0.717) is 0 Å². The van der Waals surface area contributed by atoms with Crippen LogP contribution in [0.25, 0.3) is 0 Å². The normalized spacial score (nSPS) is 12.0. The van der Waals surface area contributed by atoms with Gasteiger partial charge in [-0.3, -0.25) is 0 Å². The zero-order valence-electron chi connectivity index (χ0n) is 8.02. The second-order valence-corrected chi connectivity index (χ2v) is 12.4. The average Bonchev–Trinajstić information content (AvgIpc) is 1.62. The van der Waals surface area contributed by atoms with Crippen LogP contribution in [0, 0.1) is 0 Å². The van der Waals surface area contributed by atoms with Gasteiger partial charge in [-0.2, -0.15) is 0 Å². The summed E-state index contributed by atoms with van der Waals surface area (Å²) >= 11 is 0. The number of rotatable bonds is 2. The number of hydrogen-bond donors (Lipinski definition) is 0. The Bertz CT molecular complexity index is 90.2. The predicted octanol–water partition coefficient (Wildman–Crippen LogP) is 1.73. The summed E-state index contributed by atoms with van der Waals surface area (Å²) in [4.78, 5) is 0. The standard InChI is InChI=1S/C6H19NSi2.Hf/c1-7(8(2)3)9(4,5)6;/h8H,1-6H3;. The molecular weight excluding hydrogens is 321 g/mol. The first-order valence-electron chi connectivity index (χ1n) is 3.58. The first-order chi connectivity index (χ1) is 3.85. The van der Waals surface area contributed by atoms with Crippen LogP contribution in [-0.2, 0) is 25.8 Å². The molecule has 0 heterocycles. The second-order valence-electron chi connectivity index (χ2n) is 3.88. The Morgan fingerprint density at radius 3 is 1.40 bits per heavy atom. The second kappa shape index (κ2) is 5.01. The zero-order valence-corrected chi connectivity index (χ0v) is 13.8. The van der Waals surface area contributed by atoms with Gasteiger partial charge in [-0.05, 0) is 7.05 Å². The first-order valence-corrected chi connectivity index (χ1v) is 9.86. The molecule has 0 aliphatic heterocycles. The third-order valence-corrected chi connectivity index (χ3v) is 9.37. The van der Waals surface area contributed by atoms with Gasteiger partial charge >= 0.3 is 0 Å². The zero-order chi connectivity index (χ0) is 7.65. The molecule has 0 radical (unpaired) electrons. The van der Waals surface area contributed by atoms with E-state index in [-0.39, 0.29) is 25.8 Å². The Balaban J connectivity index is 0. The van der Waals surface area contributed by atoms with E-state index in [9.17, 15) is 0 Å². The van der Waals surface area contributed by atoms with Crippen LogP contribution in [0.5, 0.6) is 0 Å². The molecule has 10 heavy (non-hydrogen) atoms. The molecule has 0 saturated heterocycles. The Kier molecular flexibility index (Phi) is 6.92. The predicted molar refractivity (Wildman–Crippen MR) is 50.0 cm³/mol. The Morgan fingerprint density at radius 2 is 1.40 bits per heavy atom. The van der Waals surface area contributed by atoms with E-state index in [0.717, 1.165) is 0 Å². The van der Waals surface area contributed by atoms with Gasteiger partial charge in [0, 0.05) is 25.8 Å². The van der Waals surface area contributed by atoms with Crippen LogP contribution in [-0.4, -0.2) is 28.5 Å². The van der Waals surface area contributed by atoms with Crippen molar-refractivity contribution in [3.05, 3.63) is 0 Å². The molecule has 0 unspecified atom stereocenters. The molecule has 0 spiro atoms. The van der Waals surface area contributed by atoms with Gasteiger partial charge in [0.1, 0.15) is 8.24 Å². The molecule has 0 aromatic carbocycles. The quantitative estimate of drug-likeness (QED) is 0.693. The van der Waals surface area contributed by atoms with Gasteiger partial charge in [0.2, 0.25) is 0 Å². The SMILES string of the molecule is CN([SiH](C)C)[Si](C)(C)C.[Hf]. The molecule has 0 bridgehead atoms. The van der Waals surface area contributed by atoms with Crippen LogP contribution in [0.15, 0.2) is 0 Å². The van der Waals surface area contributed by atoms with Crippen LogP contribution in [0.3, 0.4) is 0 Å². The van der Waals surface area contributed by atoms with Gasteiger partial charge in [-0.15, -0.1) is 0 Å². The molecule has 0 fully saturated rings. The molecule has 0 rings (SSSR count). The van der Waals surface area contributed by atoms with Gasteiger partial charge in [0.05, 0.1) is 8.96 Å². The van der Waals surface area contributed by atoms with Gasteiger partial charge in [0.15, 0.2) is 0 Å². The topological polar surface area (TPSA) is 3.24 Å². The summed E-state index contributed by atoms with van der Waals surface area (Å²) in [5.41, 5.74) is 0. The largest absolute Gasteiger partial charge is 0.351 e. The molecule has 0 saturated carbocycles. The third-order valence-electron chi connectivity index (χ3n) is 1.83. The van der Waals surface area contributed by atoms with Crippen molar-refractivity contribution in [2.75, 3.05) is 7.05 Å². The maximum Gasteiger partial charge on any atom is 0.111 e. The fourth-order valence-corrected chi connectivity index (χ4v) is 6.97. The van der Waals surface area contributed by atoms with E-state index < -0.39 is 17.2 Å². The van der Waals surface area contributed by atoms with E-state index in [1.165, 1.54) is 0 Å². The van der Waals surface area contributed by atoms with E-state index >= 15 is 0 Å². The molecule has 0 aliphatic rings. The number of nitrogens with zero attached hydrogens (tertiary/aromatic N) is 1. The molecule has 0 aliphatic carbocycles. The van der Waals surface area contributed by atoms with E-state index in [2.05, 4.69) is 44.0 Å². The fraction of sp³-hybridized carbons (Fsp3) is 1.00. The summed E-state index contributed by atoms with van der Waals surface area (Å²) in [5, 5.41) is 0. The minimum absolute atomic E-state index is 0. The van der Waals surface area contributed by atoms with Crippen molar-refractivity contribution in [1.29, 1.82) is 0 Å². The molecule has 1 nitrogen and oxygen atoms in total. The van der Waals surface area contributed by atoms with Crippen LogP contribution < -0.4 is 0 Å². The van der Waals surface area contributed by atoms with E-state index in [1.54, 1.807) is 0 Å². The first kappa shape index (κ1) is 13.8. The van der Waals surface area contributed by atoms with Crippen LogP contribution in [0.1, 0.15) is 0 Å². The van der Waals surface area contributed by atoms with Crippen molar-refractivity contribution < 1.29 is 25.8 Å². The van der Waals surface area contributed by atoms with Crippen molar-refractivity contribution >= 4 is 17.2 Å². The third kappa shape index (κ3) is 4.99. The minimum atomic E-state index is -0.929.